The fraction of sp³-hybridized carbons (Fsp3) is 0.769. The van der Waals surface area contributed by atoms with Gasteiger partial charge in [0.05, 0.1) is 11.9 Å². The van der Waals surface area contributed by atoms with Gasteiger partial charge < -0.3 is 5.32 Å². The number of aromatic nitrogens is 2. The molecular formula is C13H23N3. The lowest BCUT2D eigenvalue weighted by atomic mass is 9.95. The number of anilines is 1. The van der Waals surface area contributed by atoms with Gasteiger partial charge in [0.25, 0.3) is 0 Å². The van der Waals surface area contributed by atoms with Crippen LogP contribution in [0.1, 0.15) is 46.0 Å². The van der Waals surface area contributed by atoms with Crippen LogP contribution in [-0.2, 0) is 6.54 Å². The van der Waals surface area contributed by atoms with E-state index in [1.54, 1.807) is 0 Å². The summed E-state index contributed by atoms with van der Waals surface area (Å²) in [5.41, 5.74) is 1.19. The normalized spacial score (nSPS) is 17.9. The molecule has 1 aliphatic carbocycles. The first-order valence-electron chi connectivity index (χ1n) is 6.53. The molecule has 1 heterocycles. The van der Waals surface area contributed by atoms with Crippen molar-refractivity contribution < 1.29 is 0 Å². The Morgan fingerprint density at radius 1 is 1.38 bits per heavy atom. The minimum absolute atomic E-state index is 0.655. The summed E-state index contributed by atoms with van der Waals surface area (Å²) in [5.74, 6) is 0.655. The van der Waals surface area contributed by atoms with E-state index in [9.17, 15) is 0 Å². The molecule has 1 saturated carbocycles. The molecule has 3 heteroatoms. The van der Waals surface area contributed by atoms with Crippen LogP contribution in [0.5, 0.6) is 0 Å². The Morgan fingerprint density at radius 2 is 2.12 bits per heavy atom. The van der Waals surface area contributed by atoms with Crippen molar-refractivity contribution >= 4 is 5.69 Å². The van der Waals surface area contributed by atoms with Crippen LogP contribution in [0, 0.1) is 5.92 Å². The maximum absolute atomic E-state index is 4.38. The lowest BCUT2D eigenvalue weighted by molar-refractivity contribution is 0.462. The molecule has 1 aromatic rings. The summed E-state index contributed by atoms with van der Waals surface area (Å²) >= 11 is 0. The number of hydrogen-bond acceptors (Lipinski definition) is 2. The average Bonchev–Trinajstić information content (AvgIpc) is 2.66. The van der Waals surface area contributed by atoms with Gasteiger partial charge in [-0.3, -0.25) is 4.68 Å². The Labute approximate surface area is 98.2 Å². The van der Waals surface area contributed by atoms with Crippen LogP contribution in [0.4, 0.5) is 5.69 Å². The second-order valence-electron chi connectivity index (χ2n) is 5.32. The van der Waals surface area contributed by atoms with Gasteiger partial charge in [-0.2, -0.15) is 5.10 Å². The zero-order valence-corrected chi connectivity index (χ0v) is 10.4. The smallest absolute Gasteiger partial charge is 0.0728 e. The number of nitrogens with zero attached hydrogens (tertiary/aromatic N) is 2. The molecule has 0 atom stereocenters. The minimum atomic E-state index is 0.655. The molecule has 2 rings (SSSR count). The Hall–Kier alpha value is -0.990. The molecule has 3 nitrogen and oxygen atoms in total. The summed E-state index contributed by atoms with van der Waals surface area (Å²) < 4.78 is 2.04. The van der Waals surface area contributed by atoms with Gasteiger partial charge in [0.15, 0.2) is 0 Å². The van der Waals surface area contributed by atoms with Crippen molar-refractivity contribution in [2.45, 2.75) is 58.5 Å². The van der Waals surface area contributed by atoms with Crippen molar-refractivity contribution in [2.24, 2.45) is 5.92 Å². The SMILES string of the molecule is CC(C)Cn1cc(NC2CCCCC2)cn1. The first-order valence-corrected chi connectivity index (χ1v) is 6.53. The molecule has 0 unspecified atom stereocenters. The van der Waals surface area contributed by atoms with Crippen LogP contribution in [0.15, 0.2) is 12.4 Å². The number of nitrogens with one attached hydrogen (secondary N) is 1. The Balaban J connectivity index is 1.86. The lowest BCUT2D eigenvalue weighted by Gasteiger charge is -2.22. The van der Waals surface area contributed by atoms with Crippen molar-refractivity contribution in [3.05, 3.63) is 12.4 Å². The van der Waals surface area contributed by atoms with E-state index >= 15 is 0 Å². The van der Waals surface area contributed by atoms with Crippen LogP contribution in [-0.4, -0.2) is 15.8 Å². The molecule has 1 N–H and O–H groups in total. The van der Waals surface area contributed by atoms with Gasteiger partial charge in [-0.05, 0) is 18.8 Å². The van der Waals surface area contributed by atoms with Crippen molar-refractivity contribution in [1.29, 1.82) is 0 Å². The third-order valence-corrected chi connectivity index (χ3v) is 3.16. The number of rotatable bonds is 4. The monoisotopic (exact) mass is 221 g/mol. The van der Waals surface area contributed by atoms with Crippen LogP contribution >= 0.6 is 0 Å². The molecule has 0 aromatic carbocycles. The molecule has 1 fully saturated rings. The van der Waals surface area contributed by atoms with Crippen molar-refractivity contribution in [2.75, 3.05) is 5.32 Å². The fourth-order valence-corrected chi connectivity index (χ4v) is 2.39. The summed E-state index contributed by atoms with van der Waals surface area (Å²) in [5, 5.41) is 7.97. The van der Waals surface area contributed by atoms with Crippen molar-refractivity contribution in [3.8, 4) is 0 Å². The molecule has 1 aromatic heterocycles. The van der Waals surface area contributed by atoms with E-state index in [0.717, 1.165) is 6.54 Å². The van der Waals surface area contributed by atoms with Gasteiger partial charge in [0.1, 0.15) is 0 Å². The van der Waals surface area contributed by atoms with E-state index in [1.165, 1.54) is 37.8 Å². The zero-order valence-electron chi connectivity index (χ0n) is 10.4. The molecule has 90 valence electrons. The van der Waals surface area contributed by atoms with Crippen LogP contribution < -0.4 is 5.32 Å². The summed E-state index contributed by atoms with van der Waals surface area (Å²) in [6, 6.07) is 0.672. The lowest BCUT2D eigenvalue weighted by Crippen LogP contribution is -2.21. The summed E-state index contributed by atoms with van der Waals surface area (Å²) in [6.07, 6.45) is 10.9. The molecule has 0 amide bonds. The zero-order chi connectivity index (χ0) is 11.4. The Bertz CT molecular complexity index is 311. The van der Waals surface area contributed by atoms with Gasteiger partial charge in [-0.15, -0.1) is 0 Å². The maximum Gasteiger partial charge on any atom is 0.0728 e. The highest BCUT2D eigenvalue weighted by molar-refractivity contribution is 5.39. The van der Waals surface area contributed by atoms with Crippen molar-refractivity contribution in [1.82, 2.24) is 9.78 Å². The largest absolute Gasteiger partial charge is 0.380 e. The topological polar surface area (TPSA) is 29.9 Å². The average molecular weight is 221 g/mol. The minimum Gasteiger partial charge on any atom is -0.380 e. The van der Waals surface area contributed by atoms with E-state index < -0.39 is 0 Å². The molecule has 0 saturated heterocycles. The standard InChI is InChI=1S/C13H23N3/c1-11(2)9-16-10-13(8-14-16)15-12-6-4-3-5-7-12/h8,10-12,15H,3-7,9H2,1-2H3. The van der Waals surface area contributed by atoms with Gasteiger partial charge in [0, 0.05) is 18.8 Å². The third-order valence-electron chi connectivity index (χ3n) is 3.16. The molecule has 0 bridgehead atoms. The summed E-state index contributed by atoms with van der Waals surface area (Å²) in [4.78, 5) is 0. The molecular weight excluding hydrogens is 198 g/mol. The highest BCUT2D eigenvalue weighted by Crippen LogP contribution is 2.21. The Morgan fingerprint density at radius 3 is 2.81 bits per heavy atom. The summed E-state index contributed by atoms with van der Waals surface area (Å²) in [7, 11) is 0. The van der Waals surface area contributed by atoms with E-state index in [0.29, 0.717) is 12.0 Å². The second-order valence-corrected chi connectivity index (χ2v) is 5.32. The van der Waals surface area contributed by atoms with Crippen molar-refractivity contribution in [3.63, 3.8) is 0 Å². The van der Waals surface area contributed by atoms with Gasteiger partial charge in [-0.1, -0.05) is 33.1 Å². The third kappa shape index (κ3) is 3.26. The first kappa shape index (κ1) is 11.5. The predicted molar refractivity (Wildman–Crippen MR) is 67.6 cm³/mol. The van der Waals surface area contributed by atoms with Gasteiger partial charge in [-0.25, -0.2) is 0 Å². The quantitative estimate of drug-likeness (QED) is 0.845. The van der Waals surface area contributed by atoms with E-state index in [-0.39, 0.29) is 0 Å². The Kier molecular flexibility index (Phi) is 3.86. The second kappa shape index (κ2) is 5.37. The fourth-order valence-electron chi connectivity index (χ4n) is 2.39. The molecule has 0 radical (unpaired) electrons. The van der Waals surface area contributed by atoms with Crippen LogP contribution in [0.2, 0.25) is 0 Å². The first-order chi connectivity index (χ1) is 7.74. The van der Waals surface area contributed by atoms with E-state index in [2.05, 4.69) is 30.5 Å². The van der Waals surface area contributed by atoms with E-state index in [4.69, 9.17) is 0 Å². The molecule has 0 spiro atoms. The number of hydrogen-bond donors (Lipinski definition) is 1. The highest BCUT2D eigenvalue weighted by Gasteiger charge is 2.13. The molecule has 16 heavy (non-hydrogen) atoms. The predicted octanol–water partition coefficient (Wildman–Crippen LogP) is 3.28. The van der Waals surface area contributed by atoms with Gasteiger partial charge >= 0.3 is 0 Å². The summed E-state index contributed by atoms with van der Waals surface area (Å²) in [6.45, 7) is 5.44. The highest BCUT2D eigenvalue weighted by atomic mass is 15.3. The van der Waals surface area contributed by atoms with Crippen LogP contribution in [0.25, 0.3) is 0 Å². The molecule has 0 aliphatic heterocycles. The van der Waals surface area contributed by atoms with Gasteiger partial charge in [0.2, 0.25) is 0 Å². The maximum atomic E-state index is 4.38. The van der Waals surface area contributed by atoms with Crippen LogP contribution in [0.3, 0.4) is 0 Å². The molecule has 1 aliphatic rings. The van der Waals surface area contributed by atoms with E-state index in [1.807, 2.05) is 10.9 Å².